The Kier molecular flexibility index (Phi) is 13.5. The van der Waals surface area contributed by atoms with Crippen LogP contribution in [0.3, 0.4) is 0 Å². The molecule has 0 unspecified atom stereocenters. The molecule has 3 nitrogen and oxygen atoms in total. The van der Waals surface area contributed by atoms with E-state index in [0.29, 0.717) is 0 Å². The van der Waals surface area contributed by atoms with Crippen molar-refractivity contribution in [2.24, 2.45) is 0 Å². The van der Waals surface area contributed by atoms with Gasteiger partial charge in [-0.15, -0.1) is 0 Å². The van der Waals surface area contributed by atoms with E-state index in [1.54, 1.807) is 25.3 Å². The Morgan fingerprint density at radius 1 is 0.384 bits per heavy atom. The normalized spacial score (nSPS) is 12.9. The molecule has 73 heavy (non-hydrogen) atoms. The van der Waals surface area contributed by atoms with E-state index in [1.807, 2.05) is 60.7 Å². The highest BCUT2D eigenvalue weighted by molar-refractivity contribution is 7.85. The van der Waals surface area contributed by atoms with Crippen molar-refractivity contribution < 1.29 is 14.0 Å². The number of hydrogen-bond donors (Lipinski definition) is 0. The number of benzene rings is 10. The maximum absolute atomic E-state index is 15.9. The molecule has 0 radical (unpaired) electrons. The van der Waals surface area contributed by atoms with Gasteiger partial charge in [0.15, 0.2) is 7.14 Å². The summed E-state index contributed by atoms with van der Waals surface area (Å²) in [5.41, 5.74) is 15.9. The van der Waals surface area contributed by atoms with Crippen molar-refractivity contribution in [2.45, 2.75) is 66.2 Å². The minimum atomic E-state index is -3.24. The highest BCUT2D eigenvalue weighted by atomic mass is 31.2. The third kappa shape index (κ3) is 8.42. The summed E-state index contributed by atoms with van der Waals surface area (Å²) < 4.78 is 28.0. The summed E-state index contributed by atoms with van der Waals surface area (Å²) in [6.07, 6.45) is 6.80. The lowest BCUT2D eigenvalue weighted by molar-refractivity contribution is 0.417. The van der Waals surface area contributed by atoms with Gasteiger partial charge < -0.3 is 14.0 Å². The van der Waals surface area contributed by atoms with Crippen molar-refractivity contribution in [3.05, 3.63) is 239 Å². The molecule has 0 saturated carbocycles. The molecule has 0 saturated heterocycles. The molecule has 0 aliphatic heterocycles. The van der Waals surface area contributed by atoms with Gasteiger partial charge in [-0.3, -0.25) is 0 Å². The molecule has 12 rings (SSSR count). The molecule has 0 atom stereocenters. The fourth-order valence-corrected chi connectivity index (χ4v) is 18.3. The van der Waals surface area contributed by atoms with Gasteiger partial charge in [0.25, 0.3) is 0 Å². The lowest BCUT2D eigenvalue weighted by Gasteiger charge is -2.29. The smallest absolute Gasteiger partial charge is 0.171 e. The zero-order chi connectivity index (χ0) is 50.2. The average Bonchev–Trinajstić information content (AvgIpc) is 4.17. The quantitative estimate of drug-likeness (QED) is 0.128. The fraction of sp³-hybridized carbons (Fsp3) is 0.176. The van der Waals surface area contributed by atoms with Crippen molar-refractivity contribution in [1.29, 1.82) is 0 Å². The van der Waals surface area contributed by atoms with Gasteiger partial charge in [-0.1, -0.05) is 182 Å². The number of hydrogen-bond acceptors (Lipinski definition) is 3. The van der Waals surface area contributed by atoms with Crippen LogP contribution in [0.25, 0.3) is 43.8 Å². The molecule has 362 valence electrons. The molecule has 2 aliphatic carbocycles. The SMILES string of the molecule is COc1ccc2ccccc2c1-c1c(C)c2c(c(C)c1P(=O)(c1ccccc1)c1ccccc1)CCC2.COc1ccc2ccccc2c1-c1c(C)c2c(c(C)c1P(c1ccccc1)c1ccccc1)CCC2. The van der Waals surface area contributed by atoms with Crippen LogP contribution in [-0.4, -0.2) is 14.2 Å². The van der Waals surface area contributed by atoms with E-state index in [0.717, 1.165) is 75.0 Å². The lowest BCUT2D eigenvalue weighted by atomic mass is 9.88. The maximum Gasteiger partial charge on any atom is 0.171 e. The second kappa shape index (κ2) is 20.5. The Bertz CT molecular complexity index is 3630. The zero-order valence-corrected chi connectivity index (χ0v) is 44.6. The van der Waals surface area contributed by atoms with E-state index in [2.05, 4.69) is 161 Å². The van der Waals surface area contributed by atoms with E-state index < -0.39 is 15.1 Å². The van der Waals surface area contributed by atoms with Crippen LogP contribution in [0.1, 0.15) is 57.3 Å². The van der Waals surface area contributed by atoms with Crippen LogP contribution < -0.4 is 41.3 Å². The first-order valence-electron chi connectivity index (χ1n) is 25.8. The molecule has 0 bridgehead atoms. The minimum absolute atomic E-state index is 0.762. The van der Waals surface area contributed by atoms with Crippen molar-refractivity contribution in [3.8, 4) is 33.8 Å². The topological polar surface area (TPSA) is 35.5 Å². The number of fused-ring (bicyclic) bond motifs is 4. The van der Waals surface area contributed by atoms with Crippen molar-refractivity contribution in [3.63, 3.8) is 0 Å². The van der Waals surface area contributed by atoms with Crippen LogP contribution in [0.2, 0.25) is 0 Å². The molecule has 10 aromatic carbocycles. The second-order valence-electron chi connectivity index (χ2n) is 19.6. The first-order valence-corrected chi connectivity index (χ1v) is 28.8. The first kappa shape index (κ1) is 48.3. The molecule has 0 aromatic heterocycles. The van der Waals surface area contributed by atoms with Crippen LogP contribution >= 0.6 is 15.1 Å². The largest absolute Gasteiger partial charge is 0.496 e. The van der Waals surface area contributed by atoms with Gasteiger partial charge in [-0.2, -0.15) is 0 Å². The zero-order valence-electron chi connectivity index (χ0n) is 42.8. The van der Waals surface area contributed by atoms with E-state index >= 15 is 4.57 Å². The van der Waals surface area contributed by atoms with E-state index in [-0.39, 0.29) is 0 Å². The molecule has 5 heteroatoms. The van der Waals surface area contributed by atoms with Crippen LogP contribution in [-0.2, 0) is 30.2 Å². The van der Waals surface area contributed by atoms with E-state index in [1.165, 1.54) is 84.0 Å². The van der Waals surface area contributed by atoms with E-state index in [9.17, 15) is 0 Å². The first-order chi connectivity index (χ1) is 35.7. The molecule has 0 fully saturated rings. The monoisotopic (exact) mass is 988 g/mol. The third-order valence-electron chi connectivity index (χ3n) is 15.7. The second-order valence-corrected chi connectivity index (χ2v) is 24.4. The molecule has 0 spiro atoms. The molecule has 0 N–H and O–H groups in total. The van der Waals surface area contributed by atoms with Crippen LogP contribution in [0.5, 0.6) is 11.5 Å². The number of ether oxygens (including phenoxy) is 2. The molecule has 2 aliphatic rings. The highest BCUT2D eigenvalue weighted by Crippen LogP contribution is 2.52. The summed E-state index contributed by atoms with van der Waals surface area (Å²) in [4.78, 5) is 0. The standard InChI is InChI=1S/C34H31O2P.C34H31OP/c1-23-28-19-12-20-29(28)24(2)34(32(23)33-30-18-11-10-13-25(30)21-22-31(33)36-3)37(35,26-14-6-4-7-15-26)27-16-8-5-9-17-27;1-23-28-19-12-20-29(28)24(2)34(36(26-14-6-4-7-15-26)27-16-8-5-9-17-27)32(23)33-30-18-11-10-13-25(30)21-22-31(33)35-3/h4-11,13-18,21-22H,12,19-20H2,1-3H3;4-11,13-18,21-22H,12,19-20H2,1-3H3. The summed E-state index contributed by atoms with van der Waals surface area (Å²) in [6.45, 7) is 9.15. The lowest BCUT2D eigenvalue weighted by Crippen LogP contribution is -2.30. The average molecular weight is 989 g/mol. The Balaban J connectivity index is 0.000000157. The number of methoxy groups -OCH3 is 2. The molecule has 0 heterocycles. The number of rotatable bonds is 10. The minimum Gasteiger partial charge on any atom is -0.496 e. The summed E-state index contributed by atoms with van der Waals surface area (Å²) in [7, 11) is -0.464. The van der Waals surface area contributed by atoms with Crippen molar-refractivity contribution >= 4 is 68.4 Å². The van der Waals surface area contributed by atoms with Gasteiger partial charge in [0.1, 0.15) is 11.5 Å². The Morgan fingerprint density at radius 3 is 1.21 bits per heavy atom. The van der Waals surface area contributed by atoms with Crippen LogP contribution in [0.15, 0.2) is 194 Å². The van der Waals surface area contributed by atoms with Crippen molar-refractivity contribution in [2.75, 3.05) is 14.2 Å². The van der Waals surface area contributed by atoms with Gasteiger partial charge in [0, 0.05) is 32.6 Å². The summed E-state index contributed by atoms with van der Waals surface area (Å²) in [5.74, 6) is 1.76. The maximum atomic E-state index is 15.9. The van der Waals surface area contributed by atoms with E-state index in [4.69, 9.17) is 9.47 Å². The fourth-order valence-electron chi connectivity index (χ4n) is 12.3. The van der Waals surface area contributed by atoms with Gasteiger partial charge in [-0.05, 0) is 174 Å². The summed E-state index contributed by atoms with van der Waals surface area (Å²) >= 11 is 0. The van der Waals surface area contributed by atoms with Crippen molar-refractivity contribution in [1.82, 2.24) is 0 Å². The van der Waals surface area contributed by atoms with Crippen LogP contribution in [0.4, 0.5) is 0 Å². The summed E-state index contributed by atoms with van der Waals surface area (Å²) in [5, 5.41) is 11.7. The van der Waals surface area contributed by atoms with Crippen LogP contribution in [0, 0.1) is 27.7 Å². The Morgan fingerprint density at radius 2 is 0.753 bits per heavy atom. The highest BCUT2D eigenvalue weighted by Gasteiger charge is 2.38. The van der Waals surface area contributed by atoms with Gasteiger partial charge in [0.2, 0.25) is 0 Å². The van der Waals surface area contributed by atoms with Gasteiger partial charge in [-0.25, -0.2) is 0 Å². The Hall–Kier alpha value is -7.02. The molecule has 10 aromatic rings. The van der Waals surface area contributed by atoms with Gasteiger partial charge in [0.05, 0.1) is 14.2 Å². The molecular weight excluding hydrogens is 927 g/mol. The third-order valence-corrected chi connectivity index (χ3v) is 21.6. The predicted octanol–water partition coefficient (Wildman–Crippen LogP) is 14.6. The predicted molar refractivity (Wildman–Crippen MR) is 313 cm³/mol. The Labute approximate surface area is 433 Å². The molecule has 0 amide bonds. The summed E-state index contributed by atoms with van der Waals surface area (Å²) in [6, 6.07) is 68.0. The van der Waals surface area contributed by atoms with Gasteiger partial charge >= 0.3 is 0 Å². The molecular formula is C68H62O3P2.